The van der Waals surface area contributed by atoms with Crippen molar-refractivity contribution in [3.05, 3.63) is 28.2 Å². The molecule has 4 nitrogen and oxygen atoms in total. The summed E-state index contributed by atoms with van der Waals surface area (Å²) >= 11 is 5.14. The number of hydrogen-bond donors (Lipinski definition) is 0. The molecule has 1 aliphatic heterocycles. The van der Waals surface area contributed by atoms with Crippen molar-refractivity contribution in [2.24, 2.45) is 0 Å². The van der Waals surface area contributed by atoms with E-state index >= 15 is 0 Å². The van der Waals surface area contributed by atoms with E-state index in [2.05, 4.69) is 15.9 Å². The highest BCUT2D eigenvalue weighted by Crippen LogP contribution is 2.33. The summed E-state index contributed by atoms with van der Waals surface area (Å²) in [6, 6.07) is 5.34. The van der Waals surface area contributed by atoms with Gasteiger partial charge in [0, 0.05) is 33.8 Å². The third-order valence-electron chi connectivity index (χ3n) is 3.57. The Balaban J connectivity index is 2.40. The number of halogens is 1. The first-order valence-electron chi connectivity index (χ1n) is 6.73. The van der Waals surface area contributed by atoms with E-state index in [1.54, 1.807) is 30.8 Å². The largest absolute Gasteiger partial charge is 0.353 e. The lowest BCUT2D eigenvalue weighted by atomic mass is 10.1. The minimum absolute atomic E-state index is 0.00539. The topological polar surface area (TPSA) is 54.5 Å². The Morgan fingerprint density at radius 3 is 2.76 bits per heavy atom. The van der Waals surface area contributed by atoms with Crippen LogP contribution >= 0.6 is 27.7 Å². The molecule has 1 atom stereocenters. The van der Waals surface area contributed by atoms with Crippen molar-refractivity contribution >= 4 is 49.0 Å². The van der Waals surface area contributed by atoms with Crippen LogP contribution in [0, 0.1) is 0 Å². The van der Waals surface area contributed by atoms with E-state index in [-0.39, 0.29) is 11.5 Å². The summed E-state index contributed by atoms with van der Waals surface area (Å²) in [7, 11) is -3.14. The number of nitrogens with zero attached hydrogens (tertiary/aromatic N) is 1. The molecule has 0 amide bonds. The van der Waals surface area contributed by atoms with Crippen LogP contribution in [-0.2, 0) is 9.84 Å². The van der Waals surface area contributed by atoms with Gasteiger partial charge in [-0.3, -0.25) is 4.79 Å². The molecule has 116 valence electrons. The van der Waals surface area contributed by atoms with Crippen LogP contribution in [0.2, 0.25) is 0 Å². The van der Waals surface area contributed by atoms with E-state index in [4.69, 9.17) is 0 Å². The maximum absolute atomic E-state index is 12.3. The Labute approximate surface area is 138 Å². The van der Waals surface area contributed by atoms with Crippen molar-refractivity contribution in [1.29, 1.82) is 0 Å². The summed E-state index contributed by atoms with van der Waals surface area (Å²) in [5.41, 5.74) is 1.45. The second-order valence-corrected chi connectivity index (χ2v) is 9.35. The molecule has 1 aromatic carbocycles. The Kier molecular flexibility index (Phi) is 5.38. The molecule has 0 N–H and O–H groups in total. The summed E-state index contributed by atoms with van der Waals surface area (Å²) in [5.74, 6) is 1.61. The zero-order chi connectivity index (χ0) is 15.6. The van der Waals surface area contributed by atoms with E-state index < -0.39 is 15.2 Å². The van der Waals surface area contributed by atoms with Crippen LogP contribution in [0.1, 0.15) is 24.2 Å². The van der Waals surface area contributed by atoms with Gasteiger partial charge in [-0.25, -0.2) is 8.42 Å². The molecule has 0 saturated carbocycles. The molecule has 1 saturated heterocycles. The van der Waals surface area contributed by atoms with Crippen LogP contribution in [0.5, 0.6) is 0 Å². The van der Waals surface area contributed by atoms with Gasteiger partial charge in [-0.2, -0.15) is 11.8 Å². The zero-order valence-corrected chi connectivity index (χ0v) is 15.2. The predicted octanol–water partition coefficient (Wildman–Crippen LogP) is 2.97. The fourth-order valence-electron chi connectivity index (χ4n) is 2.31. The summed E-state index contributed by atoms with van der Waals surface area (Å²) < 4.78 is 25.4. The van der Waals surface area contributed by atoms with Crippen molar-refractivity contribution in [3.63, 3.8) is 0 Å². The van der Waals surface area contributed by atoms with Gasteiger partial charge >= 0.3 is 0 Å². The molecule has 0 radical (unpaired) electrons. The fraction of sp³-hybridized carbons (Fsp3) is 0.500. The van der Waals surface area contributed by atoms with Gasteiger partial charge in [0.25, 0.3) is 0 Å². The molecule has 1 fully saturated rings. The monoisotopic (exact) mass is 391 g/mol. The fourth-order valence-corrected chi connectivity index (χ4v) is 5.90. The minimum atomic E-state index is -3.14. The van der Waals surface area contributed by atoms with Gasteiger partial charge in [-0.05, 0) is 41.1 Å². The molecule has 1 unspecified atom stereocenters. The molecule has 1 aliphatic rings. The van der Waals surface area contributed by atoms with E-state index in [0.717, 1.165) is 15.9 Å². The Morgan fingerprint density at radius 2 is 2.19 bits per heavy atom. The number of rotatable bonds is 4. The molecule has 0 bridgehead atoms. The number of ketones is 1. The molecule has 21 heavy (non-hydrogen) atoms. The maximum atomic E-state index is 12.3. The van der Waals surface area contributed by atoms with Crippen molar-refractivity contribution in [1.82, 2.24) is 0 Å². The highest BCUT2D eigenvalue weighted by Gasteiger charge is 2.33. The van der Waals surface area contributed by atoms with E-state index in [0.29, 0.717) is 17.9 Å². The van der Waals surface area contributed by atoms with Crippen molar-refractivity contribution in [2.45, 2.75) is 19.2 Å². The van der Waals surface area contributed by atoms with Crippen molar-refractivity contribution in [3.8, 4) is 0 Å². The number of hydrogen-bond acceptors (Lipinski definition) is 5. The highest BCUT2D eigenvalue weighted by atomic mass is 79.9. The Hall–Kier alpha value is -0.530. The zero-order valence-electron chi connectivity index (χ0n) is 12.0. The predicted molar refractivity (Wildman–Crippen MR) is 92.1 cm³/mol. The SMILES string of the molecule is CCS(=O)(=O)C1CSCCN1c1ccc(C(C)=O)cc1Br. The molecule has 0 spiro atoms. The lowest BCUT2D eigenvalue weighted by Gasteiger charge is -2.37. The highest BCUT2D eigenvalue weighted by molar-refractivity contribution is 9.10. The molecular formula is C14H18BrNO3S2. The molecule has 0 aliphatic carbocycles. The van der Waals surface area contributed by atoms with Crippen LogP contribution < -0.4 is 4.90 Å². The number of benzene rings is 1. The quantitative estimate of drug-likeness (QED) is 0.738. The average Bonchev–Trinajstić information content (AvgIpc) is 2.47. The van der Waals surface area contributed by atoms with Gasteiger partial charge in [0.05, 0.1) is 5.69 Å². The van der Waals surface area contributed by atoms with E-state index in [1.807, 2.05) is 11.0 Å². The second-order valence-electron chi connectivity index (χ2n) is 4.90. The lowest BCUT2D eigenvalue weighted by molar-refractivity contribution is 0.101. The average molecular weight is 392 g/mol. The molecule has 0 aromatic heterocycles. The van der Waals surface area contributed by atoms with Crippen LogP contribution in [0.25, 0.3) is 0 Å². The number of carbonyl (C=O) groups is 1. The van der Waals surface area contributed by atoms with Gasteiger partial charge in [0.1, 0.15) is 5.37 Å². The first-order chi connectivity index (χ1) is 9.86. The van der Waals surface area contributed by atoms with Gasteiger partial charge in [0.15, 0.2) is 15.6 Å². The van der Waals surface area contributed by atoms with E-state index in [9.17, 15) is 13.2 Å². The van der Waals surface area contributed by atoms with E-state index in [1.165, 1.54) is 6.92 Å². The van der Waals surface area contributed by atoms with Gasteiger partial charge in [0.2, 0.25) is 0 Å². The molecule has 1 heterocycles. The Bertz CT molecular complexity index is 646. The number of carbonyl (C=O) groups excluding carboxylic acids is 1. The summed E-state index contributed by atoms with van der Waals surface area (Å²) in [6.07, 6.45) is 0. The molecule has 2 rings (SSSR count). The van der Waals surface area contributed by atoms with Crippen LogP contribution in [0.3, 0.4) is 0 Å². The van der Waals surface area contributed by atoms with Crippen LogP contribution in [0.4, 0.5) is 5.69 Å². The molecule has 1 aromatic rings. The lowest BCUT2D eigenvalue weighted by Crippen LogP contribution is -2.48. The second kappa shape index (κ2) is 6.71. The smallest absolute Gasteiger partial charge is 0.171 e. The first kappa shape index (κ1) is 16.8. The molecule has 7 heteroatoms. The Morgan fingerprint density at radius 1 is 1.48 bits per heavy atom. The summed E-state index contributed by atoms with van der Waals surface area (Å²) in [5, 5.41) is -0.499. The van der Waals surface area contributed by atoms with Crippen LogP contribution in [0.15, 0.2) is 22.7 Å². The number of Topliss-reactive ketones (excluding diaryl/α,β-unsaturated/α-hetero) is 1. The normalized spacial score (nSPS) is 19.6. The van der Waals surface area contributed by atoms with Crippen molar-refractivity contribution < 1.29 is 13.2 Å². The first-order valence-corrected chi connectivity index (χ1v) is 10.4. The maximum Gasteiger partial charge on any atom is 0.171 e. The van der Waals surface area contributed by atoms with Gasteiger partial charge in [-0.1, -0.05) is 6.92 Å². The molecular weight excluding hydrogens is 374 g/mol. The number of thioether (sulfide) groups is 1. The number of sulfone groups is 1. The third kappa shape index (κ3) is 3.63. The number of anilines is 1. The van der Waals surface area contributed by atoms with Gasteiger partial charge in [-0.15, -0.1) is 0 Å². The van der Waals surface area contributed by atoms with Crippen molar-refractivity contribution in [2.75, 3.05) is 28.7 Å². The van der Waals surface area contributed by atoms with Crippen LogP contribution in [-0.4, -0.2) is 43.4 Å². The summed E-state index contributed by atoms with van der Waals surface area (Å²) in [6.45, 7) is 3.89. The summed E-state index contributed by atoms with van der Waals surface area (Å²) in [4.78, 5) is 13.4. The standard InChI is InChI=1S/C14H18BrNO3S2/c1-3-21(18,19)14-9-20-7-6-16(14)13-5-4-11(10(2)17)8-12(13)15/h4-5,8,14H,3,6-7,9H2,1-2H3. The van der Waals surface area contributed by atoms with Gasteiger partial charge < -0.3 is 4.90 Å². The third-order valence-corrected chi connectivity index (χ3v) is 7.49. The minimum Gasteiger partial charge on any atom is -0.353 e.